The highest BCUT2D eigenvalue weighted by atomic mass is 35.6. The molecule has 1 saturated heterocycles. The fourth-order valence-electron chi connectivity index (χ4n) is 1.44. The van der Waals surface area contributed by atoms with Crippen molar-refractivity contribution in [2.24, 2.45) is 0 Å². The van der Waals surface area contributed by atoms with Crippen LogP contribution in [0.1, 0.15) is 0 Å². The van der Waals surface area contributed by atoms with Crippen LogP contribution >= 0.6 is 34.8 Å². The number of rotatable bonds is 2. The Balaban J connectivity index is 2.86. The van der Waals surface area contributed by atoms with Gasteiger partial charge in [-0.05, 0) is 0 Å². The Kier molecular flexibility index (Phi) is 5.85. The van der Waals surface area contributed by atoms with E-state index in [9.17, 15) is 20.1 Å². The molecule has 1 rings (SSSR count). The minimum absolute atomic E-state index is 0.890. The number of carbonyl (C=O) groups excluding carboxylic acids is 1. The van der Waals surface area contributed by atoms with Gasteiger partial charge in [-0.2, -0.15) is 0 Å². The summed E-state index contributed by atoms with van der Waals surface area (Å²) < 4.78 is 11.8. The number of methoxy groups -OCH3 is 1. The number of esters is 1. The molecule has 0 bridgehead atoms. The van der Waals surface area contributed by atoms with Crippen LogP contribution in [-0.2, 0) is 19.0 Å². The maximum Gasteiger partial charge on any atom is 0.337 e. The lowest BCUT2D eigenvalue weighted by Crippen LogP contribution is -2.61. The van der Waals surface area contributed by atoms with Crippen molar-refractivity contribution in [2.45, 2.75) is 34.5 Å². The highest BCUT2D eigenvalue weighted by molar-refractivity contribution is 6.76. The summed E-state index contributed by atoms with van der Waals surface area (Å²) in [6.45, 7) is 0. The van der Waals surface area contributed by atoms with E-state index in [1.165, 1.54) is 0 Å². The number of nitrogens with one attached hydrogen (secondary N) is 1. The summed E-state index contributed by atoms with van der Waals surface area (Å²) >= 11 is 16.1. The van der Waals surface area contributed by atoms with Crippen LogP contribution in [0.3, 0.4) is 0 Å². The summed E-state index contributed by atoms with van der Waals surface area (Å²) in [6, 6.07) is 0. The molecule has 0 radical (unpaired) electrons. The molecule has 5 atom stereocenters. The molecule has 1 unspecified atom stereocenters. The molecule has 0 amide bonds. The van der Waals surface area contributed by atoms with Crippen LogP contribution in [0.5, 0.6) is 0 Å². The Morgan fingerprint density at radius 2 is 1.75 bits per heavy atom. The number of alkyl halides is 3. The second kappa shape index (κ2) is 6.61. The van der Waals surface area contributed by atoms with Gasteiger partial charge in [-0.25, -0.2) is 4.79 Å². The van der Waals surface area contributed by atoms with Crippen LogP contribution in [0.15, 0.2) is 0 Å². The lowest BCUT2D eigenvalue weighted by molar-refractivity contribution is -0.275. The maximum absolute atomic E-state index is 11.4. The van der Waals surface area contributed by atoms with Crippen LogP contribution in [0.25, 0.3) is 0 Å². The molecule has 4 N–H and O–H groups in total. The van der Waals surface area contributed by atoms with Crippen LogP contribution in [0, 0.1) is 5.41 Å². The van der Waals surface area contributed by atoms with Crippen molar-refractivity contribution in [2.75, 3.05) is 7.11 Å². The Morgan fingerprint density at radius 1 is 1.20 bits per heavy atom. The number of hydrogen-bond acceptors (Lipinski definition) is 8. The summed E-state index contributed by atoms with van der Waals surface area (Å²) in [4.78, 5) is 11.4. The van der Waals surface area contributed by atoms with Gasteiger partial charge in [0.05, 0.1) is 7.11 Å². The Labute approximate surface area is 128 Å². The Bertz CT molecular complexity index is 388. The normalized spacial score (nSPS) is 34.5. The fourth-order valence-corrected chi connectivity index (χ4v) is 1.57. The predicted molar refractivity (Wildman–Crippen MR) is 67.8 cm³/mol. The molecule has 1 fully saturated rings. The van der Waals surface area contributed by atoms with Gasteiger partial charge in [-0.15, -0.1) is 0 Å². The zero-order valence-electron chi connectivity index (χ0n) is 10.00. The van der Waals surface area contributed by atoms with E-state index in [2.05, 4.69) is 4.74 Å². The lowest BCUT2D eigenvalue weighted by atomic mass is 9.99. The van der Waals surface area contributed by atoms with E-state index in [1.807, 2.05) is 0 Å². The van der Waals surface area contributed by atoms with Gasteiger partial charge in [0.2, 0.25) is 12.2 Å². The fraction of sp³-hybridized carbons (Fsp3) is 0.778. The van der Waals surface area contributed by atoms with Gasteiger partial charge in [0, 0.05) is 0 Å². The van der Waals surface area contributed by atoms with Gasteiger partial charge < -0.3 is 29.5 Å². The third-order valence-electron chi connectivity index (χ3n) is 2.49. The van der Waals surface area contributed by atoms with Crippen molar-refractivity contribution in [3.8, 4) is 0 Å². The SMILES string of the molecule is COC(=O)[C@H]1OC(OC(=N)C(Cl)(Cl)Cl)[C@H](O)[C@@H](O)[C@@H]1O. The van der Waals surface area contributed by atoms with E-state index in [0.717, 1.165) is 7.11 Å². The van der Waals surface area contributed by atoms with Gasteiger partial charge in [0.15, 0.2) is 6.10 Å². The average Bonchev–Trinajstić information content (AvgIpc) is 2.37. The van der Waals surface area contributed by atoms with E-state index in [1.54, 1.807) is 0 Å². The number of carbonyl (C=O) groups is 1. The molecule has 116 valence electrons. The molecule has 8 nitrogen and oxygen atoms in total. The van der Waals surface area contributed by atoms with Gasteiger partial charge in [0.1, 0.15) is 18.3 Å². The second-order valence-corrected chi connectivity index (χ2v) is 6.15. The quantitative estimate of drug-likeness (QED) is 0.224. The third kappa shape index (κ3) is 3.85. The topological polar surface area (TPSA) is 129 Å². The smallest absolute Gasteiger partial charge is 0.337 e. The molecule has 1 aliphatic rings. The first-order chi connectivity index (χ1) is 9.09. The highest BCUT2D eigenvalue weighted by Gasteiger charge is 2.49. The molecule has 0 saturated carbocycles. The average molecular weight is 353 g/mol. The Hall–Kier alpha value is -0.350. The molecular formula is C9H12Cl3NO7. The number of aliphatic hydroxyl groups excluding tert-OH is 3. The highest BCUT2D eigenvalue weighted by Crippen LogP contribution is 2.30. The summed E-state index contributed by atoms with van der Waals surface area (Å²) in [6.07, 6.45) is -8.59. The van der Waals surface area contributed by atoms with Crippen LogP contribution in [-0.4, -0.2) is 68.8 Å². The minimum atomic E-state index is -2.22. The lowest BCUT2D eigenvalue weighted by Gasteiger charge is -2.39. The monoisotopic (exact) mass is 351 g/mol. The zero-order valence-corrected chi connectivity index (χ0v) is 12.3. The van der Waals surface area contributed by atoms with Gasteiger partial charge in [-0.3, -0.25) is 5.41 Å². The summed E-state index contributed by atoms with van der Waals surface area (Å²) in [5, 5.41) is 36.2. The largest absolute Gasteiger partial charge is 0.467 e. The van der Waals surface area contributed by atoms with Crippen molar-refractivity contribution in [1.82, 2.24) is 0 Å². The molecular weight excluding hydrogens is 340 g/mol. The summed E-state index contributed by atoms with van der Waals surface area (Å²) in [7, 11) is 1.04. The first kappa shape index (κ1) is 17.7. The van der Waals surface area contributed by atoms with Crippen LogP contribution in [0.2, 0.25) is 0 Å². The molecule has 1 aliphatic heterocycles. The molecule has 0 aromatic heterocycles. The van der Waals surface area contributed by atoms with Gasteiger partial charge in [0.25, 0.3) is 3.79 Å². The maximum atomic E-state index is 11.4. The summed E-state index contributed by atoms with van der Waals surface area (Å²) in [5.41, 5.74) is 0. The molecule has 0 aromatic carbocycles. The molecule has 0 spiro atoms. The van der Waals surface area contributed by atoms with Crippen molar-refractivity contribution in [3.63, 3.8) is 0 Å². The van der Waals surface area contributed by atoms with Crippen molar-refractivity contribution < 1.29 is 34.3 Å². The number of hydrogen-bond donors (Lipinski definition) is 4. The van der Waals surface area contributed by atoms with Crippen molar-refractivity contribution in [1.29, 1.82) is 5.41 Å². The second-order valence-electron chi connectivity index (χ2n) is 3.86. The first-order valence-electron chi connectivity index (χ1n) is 5.19. The molecule has 20 heavy (non-hydrogen) atoms. The van der Waals surface area contributed by atoms with E-state index >= 15 is 0 Å². The van der Waals surface area contributed by atoms with Crippen molar-refractivity contribution in [3.05, 3.63) is 0 Å². The van der Waals surface area contributed by atoms with E-state index < -0.39 is 46.4 Å². The van der Waals surface area contributed by atoms with Crippen LogP contribution < -0.4 is 0 Å². The minimum Gasteiger partial charge on any atom is -0.467 e. The number of ether oxygens (including phenoxy) is 3. The van der Waals surface area contributed by atoms with E-state index in [-0.39, 0.29) is 0 Å². The third-order valence-corrected chi connectivity index (χ3v) is 3.01. The predicted octanol–water partition coefficient (Wildman–Crippen LogP) is -0.669. The van der Waals surface area contributed by atoms with Gasteiger partial charge in [-0.1, -0.05) is 34.8 Å². The standard InChI is InChI=1S/C9H12Cl3NO7/c1-18-6(17)5-3(15)2(14)4(16)7(19-5)20-8(13)9(10,11)12/h2-5,7,13-16H,1H3/t2-,3-,4+,5-,7?/m0/s1. The zero-order chi connectivity index (χ0) is 15.7. The molecule has 0 aromatic rings. The molecule has 1 heterocycles. The number of aliphatic hydroxyl groups is 3. The van der Waals surface area contributed by atoms with E-state index in [0.29, 0.717) is 0 Å². The molecule has 0 aliphatic carbocycles. The summed E-state index contributed by atoms with van der Waals surface area (Å²) in [5.74, 6) is -1.89. The molecule has 11 heteroatoms. The first-order valence-corrected chi connectivity index (χ1v) is 6.33. The number of halogens is 3. The van der Waals surface area contributed by atoms with Crippen molar-refractivity contribution >= 4 is 46.7 Å². The Morgan fingerprint density at radius 3 is 2.20 bits per heavy atom. The van der Waals surface area contributed by atoms with Gasteiger partial charge >= 0.3 is 5.97 Å². The van der Waals surface area contributed by atoms with Crippen LogP contribution in [0.4, 0.5) is 0 Å². The van der Waals surface area contributed by atoms with E-state index in [4.69, 9.17) is 49.7 Å².